The maximum Gasteiger partial charge on any atom is 0.268 e. The fourth-order valence-electron chi connectivity index (χ4n) is 3.45. The first kappa shape index (κ1) is 18.6. The number of ketones is 1. The number of aromatic amines is 1. The van der Waals surface area contributed by atoms with Gasteiger partial charge in [-0.15, -0.1) is 0 Å². The van der Waals surface area contributed by atoms with Crippen LogP contribution < -0.4 is 5.32 Å². The number of benzene rings is 2. The molecule has 0 saturated carbocycles. The van der Waals surface area contributed by atoms with Gasteiger partial charge in [-0.1, -0.05) is 54.6 Å². The normalized spacial score (nSPS) is 11.9. The summed E-state index contributed by atoms with van der Waals surface area (Å²) in [6, 6.07) is 18.2. The molecule has 0 bridgehead atoms. The molecule has 0 aliphatic carbocycles. The van der Waals surface area contributed by atoms with E-state index in [1.807, 2.05) is 44.2 Å². The number of Topliss-reactive ketones (excluding diaryl/α,β-unsaturated/α-hetero) is 1. The third-order valence-corrected chi connectivity index (χ3v) is 4.88. The van der Waals surface area contributed by atoms with Gasteiger partial charge in [0, 0.05) is 11.3 Å². The maximum atomic E-state index is 12.7. The Hall–Kier alpha value is -3.14. The van der Waals surface area contributed by atoms with Crippen LogP contribution in [0.4, 0.5) is 0 Å². The van der Waals surface area contributed by atoms with E-state index in [4.69, 9.17) is 0 Å². The number of carbonyl (C=O) groups excluding carboxylic acids is 2. The maximum absolute atomic E-state index is 12.7. The molecule has 0 aliphatic rings. The number of nitrogens with one attached hydrogen (secondary N) is 2. The quantitative estimate of drug-likeness (QED) is 0.630. The summed E-state index contributed by atoms with van der Waals surface area (Å²) in [5.74, 6) is -0.243. The van der Waals surface area contributed by atoms with Gasteiger partial charge in [-0.3, -0.25) is 9.59 Å². The van der Waals surface area contributed by atoms with Crippen molar-refractivity contribution in [1.29, 1.82) is 0 Å². The topological polar surface area (TPSA) is 62.0 Å². The molecule has 1 unspecified atom stereocenters. The van der Waals surface area contributed by atoms with Crippen LogP contribution in [0.5, 0.6) is 0 Å². The van der Waals surface area contributed by atoms with Crippen LogP contribution in [0.2, 0.25) is 0 Å². The van der Waals surface area contributed by atoms with Crippen molar-refractivity contribution in [1.82, 2.24) is 10.3 Å². The first-order chi connectivity index (χ1) is 12.9. The van der Waals surface area contributed by atoms with Gasteiger partial charge in [0.2, 0.25) is 0 Å². The van der Waals surface area contributed by atoms with Gasteiger partial charge < -0.3 is 10.3 Å². The summed E-state index contributed by atoms with van der Waals surface area (Å²) < 4.78 is 0. The molecule has 1 heterocycles. The second kappa shape index (κ2) is 7.62. The van der Waals surface area contributed by atoms with Crippen molar-refractivity contribution in [3.05, 3.63) is 82.7 Å². The fraction of sp³-hybridized carbons (Fsp3) is 0.217. The van der Waals surface area contributed by atoms with E-state index in [2.05, 4.69) is 34.6 Å². The van der Waals surface area contributed by atoms with Crippen LogP contribution in [-0.2, 0) is 0 Å². The third-order valence-electron chi connectivity index (χ3n) is 4.88. The average molecular weight is 360 g/mol. The first-order valence-corrected chi connectivity index (χ1v) is 9.04. The molecule has 0 fully saturated rings. The van der Waals surface area contributed by atoms with Gasteiger partial charge in [0.15, 0.2) is 5.78 Å². The van der Waals surface area contributed by atoms with Crippen molar-refractivity contribution in [2.24, 2.45) is 0 Å². The molecule has 2 N–H and O–H groups in total. The lowest BCUT2D eigenvalue weighted by molar-refractivity contribution is 0.0934. The predicted molar refractivity (Wildman–Crippen MR) is 108 cm³/mol. The predicted octanol–water partition coefficient (Wildman–Crippen LogP) is 4.99. The lowest BCUT2D eigenvalue weighted by Gasteiger charge is -2.15. The third kappa shape index (κ3) is 3.85. The van der Waals surface area contributed by atoms with Gasteiger partial charge in [-0.05, 0) is 49.9 Å². The second-order valence-electron chi connectivity index (χ2n) is 6.86. The molecule has 1 amide bonds. The number of hydrogen-bond acceptors (Lipinski definition) is 2. The zero-order valence-corrected chi connectivity index (χ0v) is 16.1. The van der Waals surface area contributed by atoms with Gasteiger partial charge in [0.25, 0.3) is 5.91 Å². The summed E-state index contributed by atoms with van der Waals surface area (Å²) in [4.78, 5) is 27.5. The molecule has 27 heavy (non-hydrogen) atoms. The van der Waals surface area contributed by atoms with Crippen LogP contribution in [0.1, 0.15) is 57.6 Å². The Morgan fingerprint density at radius 1 is 0.926 bits per heavy atom. The Morgan fingerprint density at radius 2 is 1.52 bits per heavy atom. The molecule has 0 aliphatic heterocycles. The molecule has 3 rings (SSSR count). The lowest BCUT2D eigenvalue weighted by atomic mass is 10.0. The minimum Gasteiger partial charge on any atom is -0.354 e. The van der Waals surface area contributed by atoms with Crippen LogP contribution in [0, 0.1) is 13.8 Å². The highest BCUT2D eigenvalue weighted by molar-refractivity contribution is 6.02. The van der Waals surface area contributed by atoms with Crippen LogP contribution >= 0.6 is 0 Å². The van der Waals surface area contributed by atoms with E-state index in [1.165, 1.54) is 6.92 Å². The van der Waals surface area contributed by atoms with E-state index in [0.717, 1.165) is 22.4 Å². The van der Waals surface area contributed by atoms with Crippen LogP contribution in [0.3, 0.4) is 0 Å². The van der Waals surface area contributed by atoms with Crippen molar-refractivity contribution in [2.75, 3.05) is 0 Å². The van der Waals surface area contributed by atoms with E-state index < -0.39 is 0 Å². The van der Waals surface area contributed by atoms with Crippen molar-refractivity contribution in [2.45, 2.75) is 33.7 Å². The summed E-state index contributed by atoms with van der Waals surface area (Å²) in [6.45, 7) is 7.08. The second-order valence-corrected chi connectivity index (χ2v) is 6.86. The molecule has 3 aromatic rings. The monoisotopic (exact) mass is 360 g/mol. The molecule has 0 saturated heterocycles. The van der Waals surface area contributed by atoms with E-state index in [1.54, 1.807) is 6.92 Å². The number of carbonyl (C=O) groups is 2. The minimum atomic E-state index is -0.206. The zero-order chi connectivity index (χ0) is 19.6. The average Bonchev–Trinajstić information content (AvgIpc) is 2.97. The number of H-pyrrole nitrogens is 1. The van der Waals surface area contributed by atoms with E-state index in [-0.39, 0.29) is 17.7 Å². The van der Waals surface area contributed by atoms with Crippen molar-refractivity contribution >= 4 is 11.7 Å². The highest BCUT2D eigenvalue weighted by Gasteiger charge is 2.21. The van der Waals surface area contributed by atoms with Gasteiger partial charge >= 0.3 is 0 Å². The highest BCUT2D eigenvalue weighted by atomic mass is 16.2. The van der Waals surface area contributed by atoms with E-state index in [0.29, 0.717) is 16.8 Å². The fourth-order valence-corrected chi connectivity index (χ4v) is 3.45. The largest absolute Gasteiger partial charge is 0.354 e. The molecule has 0 spiro atoms. The Morgan fingerprint density at radius 3 is 2.07 bits per heavy atom. The van der Waals surface area contributed by atoms with Gasteiger partial charge in [0.05, 0.1) is 6.04 Å². The summed E-state index contributed by atoms with van der Waals surface area (Å²) in [5, 5.41) is 3.01. The number of aromatic nitrogens is 1. The number of aryl methyl sites for hydroxylation is 1. The number of amides is 1. The van der Waals surface area contributed by atoms with Crippen molar-refractivity contribution in [3.63, 3.8) is 0 Å². The Kier molecular flexibility index (Phi) is 5.26. The number of hydrogen-bond donors (Lipinski definition) is 2. The smallest absolute Gasteiger partial charge is 0.268 e. The Bertz CT molecular complexity index is 970. The highest BCUT2D eigenvalue weighted by Crippen LogP contribution is 2.23. The molecule has 4 nitrogen and oxygen atoms in total. The summed E-state index contributed by atoms with van der Waals surface area (Å²) in [5.41, 5.74) is 5.80. The van der Waals surface area contributed by atoms with Gasteiger partial charge in [-0.2, -0.15) is 0 Å². The lowest BCUT2D eigenvalue weighted by Crippen LogP contribution is -2.27. The molecule has 2 aromatic carbocycles. The van der Waals surface area contributed by atoms with Gasteiger partial charge in [0.1, 0.15) is 5.69 Å². The zero-order valence-electron chi connectivity index (χ0n) is 16.1. The number of rotatable bonds is 5. The summed E-state index contributed by atoms with van der Waals surface area (Å²) in [7, 11) is 0. The van der Waals surface area contributed by atoms with E-state index in [9.17, 15) is 9.59 Å². The molecule has 0 radical (unpaired) electrons. The van der Waals surface area contributed by atoms with Gasteiger partial charge in [-0.25, -0.2) is 0 Å². The molecule has 4 heteroatoms. The minimum absolute atomic E-state index is 0.0372. The molecule has 1 aromatic heterocycles. The van der Waals surface area contributed by atoms with Crippen LogP contribution in [0.25, 0.3) is 11.1 Å². The summed E-state index contributed by atoms with van der Waals surface area (Å²) >= 11 is 0. The van der Waals surface area contributed by atoms with Crippen molar-refractivity contribution in [3.8, 4) is 11.1 Å². The molecule has 138 valence electrons. The molecule has 1 atom stereocenters. The van der Waals surface area contributed by atoms with Crippen LogP contribution in [0.15, 0.2) is 54.6 Å². The van der Waals surface area contributed by atoms with E-state index >= 15 is 0 Å². The van der Waals surface area contributed by atoms with Crippen LogP contribution in [-0.4, -0.2) is 16.7 Å². The standard InChI is InChI=1S/C23H24N2O2/c1-14-21(17(4)26)16(3)24-22(14)23(27)25-15(2)18-10-12-20(13-11-18)19-8-6-5-7-9-19/h5-13,15,24H,1-4H3,(H,25,27). The first-order valence-electron chi connectivity index (χ1n) is 9.04. The molecular weight excluding hydrogens is 336 g/mol. The molecular formula is C23H24N2O2. The Balaban J connectivity index is 1.75. The van der Waals surface area contributed by atoms with Crippen molar-refractivity contribution < 1.29 is 9.59 Å². The summed E-state index contributed by atoms with van der Waals surface area (Å²) in [6.07, 6.45) is 0. The Labute approximate surface area is 159 Å². The SMILES string of the molecule is CC(=O)c1c(C)[nH]c(C(=O)NC(C)c2ccc(-c3ccccc3)cc2)c1C.